The van der Waals surface area contributed by atoms with Crippen molar-refractivity contribution in [2.24, 2.45) is 0 Å². The summed E-state index contributed by atoms with van der Waals surface area (Å²) >= 11 is 1.96. The van der Waals surface area contributed by atoms with Crippen LogP contribution in [0.15, 0.2) is 0 Å². The van der Waals surface area contributed by atoms with Crippen molar-refractivity contribution in [3.63, 3.8) is 0 Å². The Bertz CT molecular complexity index is 295. The average Bonchev–Trinajstić information content (AvgIpc) is 2.72. The van der Waals surface area contributed by atoms with Crippen molar-refractivity contribution < 1.29 is 9.53 Å². The third kappa shape index (κ3) is 3.62. The van der Waals surface area contributed by atoms with E-state index in [0.29, 0.717) is 11.3 Å². The van der Waals surface area contributed by atoms with Gasteiger partial charge in [-0.25, -0.2) is 0 Å². The van der Waals surface area contributed by atoms with Gasteiger partial charge in [-0.05, 0) is 25.5 Å². The van der Waals surface area contributed by atoms with Gasteiger partial charge in [-0.15, -0.1) is 0 Å². The fourth-order valence-corrected chi connectivity index (χ4v) is 3.77. The number of ether oxygens (including phenoxy) is 1. The van der Waals surface area contributed by atoms with Crippen molar-refractivity contribution in [1.82, 2.24) is 10.6 Å². The second kappa shape index (κ2) is 6.26. The van der Waals surface area contributed by atoms with Crippen LogP contribution >= 0.6 is 11.8 Å². The number of hydrogen-bond acceptors (Lipinski definition) is 4. The Morgan fingerprint density at radius 2 is 2.28 bits per heavy atom. The van der Waals surface area contributed by atoms with E-state index in [1.807, 2.05) is 18.7 Å². The summed E-state index contributed by atoms with van der Waals surface area (Å²) in [5.74, 6) is 1.16. The summed E-state index contributed by atoms with van der Waals surface area (Å²) in [7, 11) is 0. The number of nitrogens with one attached hydrogen (secondary N) is 2. The van der Waals surface area contributed by atoms with E-state index in [1.165, 1.54) is 12.8 Å². The minimum Gasteiger partial charge on any atom is -0.363 e. The molecule has 2 atom stereocenters. The minimum atomic E-state index is -0.134. The maximum atomic E-state index is 11.9. The zero-order valence-corrected chi connectivity index (χ0v) is 12.1. The molecule has 2 N–H and O–H groups in total. The van der Waals surface area contributed by atoms with E-state index in [-0.39, 0.29) is 18.1 Å². The molecule has 2 unspecified atom stereocenters. The van der Waals surface area contributed by atoms with Crippen LogP contribution in [0, 0.1) is 0 Å². The third-order valence-corrected chi connectivity index (χ3v) is 5.06. The lowest BCUT2D eigenvalue weighted by atomic mass is 10.0. The standard InChI is InChI=1S/C13H24N2O2S/c1-3-18-11-6-4-5-10(11)15-12(16)7-17-13(2)8-14-9-13/h10-11,14H,3-9H2,1-2H3,(H,15,16). The highest BCUT2D eigenvalue weighted by Gasteiger charge is 2.34. The molecule has 2 rings (SSSR count). The number of hydrogen-bond donors (Lipinski definition) is 2. The van der Waals surface area contributed by atoms with Gasteiger partial charge in [-0.3, -0.25) is 4.79 Å². The largest absolute Gasteiger partial charge is 0.363 e. The first kappa shape index (κ1) is 14.2. The van der Waals surface area contributed by atoms with Gasteiger partial charge in [-0.1, -0.05) is 13.3 Å². The lowest BCUT2D eigenvalue weighted by Crippen LogP contribution is -2.59. The van der Waals surface area contributed by atoms with Gasteiger partial charge in [0.1, 0.15) is 6.61 Å². The average molecular weight is 272 g/mol. The molecule has 18 heavy (non-hydrogen) atoms. The fraction of sp³-hybridized carbons (Fsp3) is 0.923. The molecule has 0 aromatic carbocycles. The van der Waals surface area contributed by atoms with Gasteiger partial charge in [0, 0.05) is 24.4 Å². The first-order valence-corrected chi connectivity index (χ1v) is 7.93. The molecule has 0 aromatic heterocycles. The Morgan fingerprint density at radius 1 is 1.50 bits per heavy atom. The van der Waals surface area contributed by atoms with E-state index < -0.39 is 0 Å². The Balaban J connectivity index is 1.69. The number of amides is 1. The summed E-state index contributed by atoms with van der Waals surface area (Å²) in [5.41, 5.74) is -0.134. The molecule has 2 aliphatic rings. The Labute approximate surface area is 114 Å². The highest BCUT2D eigenvalue weighted by Crippen LogP contribution is 2.29. The van der Waals surface area contributed by atoms with E-state index in [0.717, 1.165) is 25.3 Å². The first-order valence-electron chi connectivity index (χ1n) is 6.88. The van der Waals surface area contributed by atoms with E-state index in [1.54, 1.807) is 0 Å². The van der Waals surface area contributed by atoms with Gasteiger partial charge in [0.2, 0.25) is 5.91 Å². The molecular weight excluding hydrogens is 248 g/mol. The Morgan fingerprint density at radius 3 is 2.89 bits per heavy atom. The molecule has 104 valence electrons. The first-order chi connectivity index (χ1) is 8.63. The molecule has 5 heteroatoms. The van der Waals surface area contributed by atoms with Crippen LogP contribution in [-0.2, 0) is 9.53 Å². The number of carbonyl (C=O) groups excluding carboxylic acids is 1. The summed E-state index contributed by atoms with van der Waals surface area (Å²) in [6, 6.07) is 0.346. The van der Waals surface area contributed by atoms with Crippen molar-refractivity contribution in [1.29, 1.82) is 0 Å². The number of rotatable bonds is 6. The molecule has 1 amide bonds. The second-order valence-corrected chi connectivity index (χ2v) is 6.96. The van der Waals surface area contributed by atoms with Crippen molar-refractivity contribution >= 4 is 17.7 Å². The molecule has 1 saturated heterocycles. The Hall–Kier alpha value is -0.260. The van der Waals surface area contributed by atoms with E-state index in [2.05, 4.69) is 17.6 Å². The maximum Gasteiger partial charge on any atom is 0.246 e. The zero-order valence-electron chi connectivity index (χ0n) is 11.3. The molecule has 1 heterocycles. The third-order valence-electron chi connectivity index (χ3n) is 3.73. The van der Waals surface area contributed by atoms with Gasteiger partial charge >= 0.3 is 0 Å². The predicted molar refractivity (Wildman–Crippen MR) is 74.9 cm³/mol. The molecule has 0 bridgehead atoms. The quantitative estimate of drug-likeness (QED) is 0.762. The van der Waals surface area contributed by atoms with Crippen LogP contribution in [0.25, 0.3) is 0 Å². The molecule has 0 spiro atoms. The van der Waals surface area contributed by atoms with Crippen LogP contribution in [0.5, 0.6) is 0 Å². The minimum absolute atomic E-state index is 0.0386. The van der Waals surface area contributed by atoms with Gasteiger partial charge in [0.25, 0.3) is 0 Å². The summed E-state index contributed by atoms with van der Waals surface area (Å²) < 4.78 is 5.65. The smallest absolute Gasteiger partial charge is 0.246 e. The van der Waals surface area contributed by atoms with Crippen LogP contribution in [0.2, 0.25) is 0 Å². The molecule has 4 nitrogen and oxygen atoms in total. The van der Waals surface area contributed by atoms with Gasteiger partial charge in [-0.2, -0.15) is 11.8 Å². The molecule has 2 fully saturated rings. The van der Waals surface area contributed by atoms with E-state index in [9.17, 15) is 4.79 Å². The van der Waals surface area contributed by atoms with Crippen molar-refractivity contribution in [3.8, 4) is 0 Å². The lowest BCUT2D eigenvalue weighted by Gasteiger charge is -2.38. The molecule has 1 saturated carbocycles. The highest BCUT2D eigenvalue weighted by molar-refractivity contribution is 7.99. The van der Waals surface area contributed by atoms with Crippen LogP contribution in [0.1, 0.15) is 33.1 Å². The van der Waals surface area contributed by atoms with Crippen LogP contribution in [0.4, 0.5) is 0 Å². The molecular formula is C13H24N2O2S. The van der Waals surface area contributed by atoms with Gasteiger partial charge in [0.15, 0.2) is 0 Å². The van der Waals surface area contributed by atoms with Crippen molar-refractivity contribution in [2.75, 3.05) is 25.4 Å². The molecule has 0 aromatic rings. The van der Waals surface area contributed by atoms with Gasteiger partial charge < -0.3 is 15.4 Å². The zero-order chi connectivity index (χ0) is 13.0. The van der Waals surface area contributed by atoms with Crippen LogP contribution in [-0.4, -0.2) is 48.2 Å². The van der Waals surface area contributed by atoms with Gasteiger partial charge in [0.05, 0.1) is 5.60 Å². The summed E-state index contributed by atoms with van der Waals surface area (Å²) in [4.78, 5) is 11.9. The second-order valence-electron chi connectivity index (χ2n) is 5.44. The highest BCUT2D eigenvalue weighted by atomic mass is 32.2. The Kier molecular flexibility index (Phi) is 4.92. The van der Waals surface area contributed by atoms with Crippen LogP contribution in [0.3, 0.4) is 0 Å². The van der Waals surface area contributed by atoms with E-state index >= 15 is 0 Å². The SMILES string of the molecule is CCSC1CCCC1NC(=O)COC1(C)CNC1. The lowest BCUT2D eigenvalue weighted by molar-refractivity contribution is -0.136. The summed E-state index contributed by atoms with van der Waals surface area (Å²) in [6.07, 6.45) is 3.57. The molecule has 1 aliphatic heterocycles. The van der Waals surface area contributed by atoms with E-state index in [4.69, 9.17) is 4.74 Å². The predicted octanol–water partition coefficient (Wildman–Crippen LogP) is 1.16. The summed E-state index contributed by atoms with van der Waals surface area (Å²) in [5, 5.41) is 6.89. The van der Waals surface area contributed by atoms with Crippen molar-refractivity contribution in [3.05, 3.63) is 0 Å². The number of thioether (sulfide) groups is 1. The maximum absolute atomic E-state index is 11.9. The summed E-state index contributed by atoms with van der Waals surface area (Å²) in [6.45, 7) is 6.10. The normalized spacial score (nSPS) is 29.9. The fourth-order valence-electron chi connectivity index (χ4n) is 2.57. The molecule has 0 radical (unpaired) electrons. The topological polar surface area (TPSA) is 50.4 Å². The van der Waals surface area contributed by atoms with Crippen molar-refractivity contribution in [2.45, 2.75) is 50.0 Å². The molecule has 1 aliphatic carbocycles. The monoisotopic (exact) mass is 272 g/mol. The number of carbonyl (C=O) groups is 1. The van der Waals surface area contributed by atoms with Crippen LogP contribution < -0.4 is 10.6 Å².